The average molecular weight is 277 g/mol. The van der Waals surface area contributed by atoms with Crippen LogP contribution >= 0.6 is 15.9 Å². The number of aliphatic carboxylic acids is 1. The summed E-state index contributed by atoms with van der Waals surface area (Å²) in [6.07, 6.45) is 0.447. The number of ether oxygens (including phenoxy) is 1. The molecule has 0 bridgehead atoms. The second-order valence-electron chi connectivity index (χ2n) is 2.94. The van der Waals surface area contributed by atoms with E-state index in [0.717, 1.165) is 10.0 Å². The van der Waals surface area contributed by atoms with Crippen LogP contribution in [0.4, 0.5) is 4.39 Å². The van der Waals surface area contributed by atoms with Gasteiger partial charge in [-0.15, -0.1) is 0 Å². The largest absolute Gasteiger partial charge is 0.481 e. The summed E-state index contributed by atoms with van der Waals surface area (Å²) in [5.41, 5.74) is 0.801. The number of hydrogen-bond acceptors (Lipinski definition) is 2. The monoisotopic (exact) mass is 276 g/mol. The number of alkyl halides is 1. The van der Waals surface area contributed by atoms with Crippen molar-refractivity contribution in [2.45, 2.75) is 12.8 Å². The lowest BCUT2D eigenvalue weighted by molar-refractivity contribution is -0.136. The maximum Gasteiger partial charge on any atom is 0.303 e. The molecule has 0 amide bonds. The van der Waals surface area contributed by atoms with Crippen LogP contribution in [0.25, 0.3) is 0 Å². The molecule has 0 fully saturated rings. The molecule has 0 aliphatic carbocycles. The maximum absolute atomic E-state index is 11.9. The first-order valence-corrected chi connectivity index (χ1v) is 5.11. The molecular formula is C10H10BrFO3. The minimum absolute atomic E-state index is 0.0471. The van der Waals surface area contributed by atoms with Gasteiger partial charge in [0.15, 0.2) is 0 Å². The maximum atomic E-state index is 11.9. The third kappa shape index (κ3) is 4.29. The number of carbonyl (C=O) groups is 1. The molecular weight excluding hydrogens is 267 g/mol. The fourth-order valence-corrected chi connectivity index (χ4v) is 1.68. The normalized spacial score (nSPS) is 10.0. The number of halogens is 2. The van der Waals surface area contributed by atoms with Crippen molar-refractivity contribution >= 4 is 21.9 Å². The molecule has 1 N–H and O–H groups in total. The first-order chi connectivity index (χ1) is 7.11. The molecule has 0 saturated heterocycles. The zero-order chi connectivity index (χ0) is 11.3. The average Bonchev–Trinajstić information content (AvgIpc) is 2.14. The van der Waals surface area contributed by atoms with Crippen LogP contribution in [0.15, 0.2) is 22.7 Å². The van der Waals surface area contributed by atoms with Gasteiger partial charge in [-0.3, -0.25) is 4.79 Å². The second kappa shape index (κ2) is 5.70. The van der Waals surface area contributed by atoms with Gasteiger partial charge in [0.25, 0.3) is 0 Å². The lowest BCUT2D eigenvalue weighted by Gasteiger charge is -2.05. The highest BCUT2D eigenvalue weighted by atomic mass is 79.9. The van der Waals surface area contributed by atoms with E-state index in [4.69, 9.17) is 9.84 Å². The Bertz CT molecular complexity index is 355. The van der Waals surface area contributed by atoms with Crippen molar-refractivity contribution in [3.8, 4) is 5.75 Å². The van der Waals surface area contributed by atoms with Crippen molar-refractivity contribution in [2.24, 2.45) is 0 Å². The quantitative estimate of drug-likeness (QED) is 0.900. The topological polar surface area (TPSA) is 46.5 Å². The fourth-order valence-electron chi connectivity index (χ4n) is 1.16. The summed E-state index contributed by atoms with van der Waals surface area (Å²) in [6, 6.07) is 5.05. The summed E-state index contributed by atoms with van der Waals surface area (Å²) in [7, 11) is 0. The lowest BCUT2D eigenvalue weighted by atomic mass is 10.1. The van der Waals surface area contributed by atoms with Crippen molar-refractivity contribution < 1.29 is 19.0 Å². The number of rotatable bonds is 5. The van der Waals surface area contributed by atoms with E-state index < -0.39 is 12.8 Å². The number of carboxylic acids is 1. The molecule has 0 heterocycles. The van der Waals surface area contributed by atoms with Crippen LogP contribution in [0.5, 0.6) is 5.75 Å². The molecule has 15 heavy (non-hydrogen) atoms. The number of carboxylic acid groups (broad SMARTS) is 1. The SMILES string of the molecule is O=C(O)CCc1cc(Br)cc(OCF)c1. The van der Waals surface area contributed by atoms with Gasteiger partial charge in [-0.2, -0.15) is 0 Å². The Labute approximate surface area is 95.0 Å². The third-order valence-electron chi connectivity index (χ3n) is 1.78. The zero-order valence-corrected chi connectivity index (χ0v) is 9.46. The van der Waals surface area contributed by atoms with Crippen LogP contribution in [0.3, 0.4) is 0 Å². The molecule has 0 aliphatic heterocycles. The molecule has 0 aliphatic rings. The van der Waals surface area contributed by atoms with Crippen molar-refractivity contribution in [1.82, 2.24) is 0 Å². The molecule has 5 heteroatoms. The molecule has 82 valence electrons. The van der Waals surface area contributed by atoms with Crippen molar-refractivity contribution in [2.75, 3.05) is 6.86 Å². The molecule has 0 saturated carbocycles. The van der Waals surface area contributed by atoms with E-state index in [1.54, 1.807) is 18.2 Å². The molecule has 3 nitrogen and oxygen atoms in total. The zero-order valence-electron chi connectivity index (χ0n) is 7.87. The molecule has 1 aromatic carbocycles. The van der Waals surface area contributed by atoms with E-state index in [1.807, 2.05) is 0 Å². The van der Waals surface area contributed by atoms with Crippen LogP contribution < -0.4 is 4.74 Å². The first-order valence-electron chi connectivity index (χ1n) is 4.32. The second-order valence-corrected chi connectivity index (χ2v) is 3.86. The predicted molar refractivity (Wildman–Crippen MR) is 56.7 cm³/mol. The van der Waals surface area contributed by atoms with Crippen LogP contribution in [-0.2, 0) is 11.2 Å². The number of aryl methyl sites for hydroxylation is 1. The summed E-state index contributed by atoms with van der Waals surface area (Å²) in [5.74, 6) is -0.463. The van der Waals surface area contributed by atoms with Crippen LogP contribution in [0.1, 0.15) is 12.0 Å². The van der Waals surface area contributed by atoms with Crippen LogP contribution in [0.2, 0.25) is 0 Å². The molecule has 0 aromatic heterocycles. The number of hydrogen-bond donors (Lipinski definition) is 1. The van der Waals surface area contributed by atoms with Crippen molar-refractivity contribution in [1.29, 1.82) is 0 Å². The molecule has 0 unspecified atom stereocenters. The summed E-state index contributed by atoms with van der Waals surface area (Å²) >= 11 is 3.24. The van der Waals surface area contributed by atoms with Crippen molar-refractivity contribution in [3.63, 3.8) is 0 Å². The van der Waals surface area contributed by atoms with Gasteiger partial charge in [-0.1, -0.05) is 15.9 Å². The summed E-state index contributed by atoms with van der Waals surface area (Å²) in [4.78, 5) is 10.4. The van der Waals surface area contributed by atoms with Gasteiger partial charge in [-0.25, -0.2) is 4.39 Å². The summed E-state index contributed by atoms with van der Waals surface area (Å²) in [6.45, 7) is -0.894. The Balaban J connectivity index is 2.74. The van der Waals surface area contributed by atoms with E-state index in [9.17, 15) is 9.18 Å². The standard InChI is InChI=1S/C10H10BrFO3/c11-8-3-7(1-2-10(13)14)4-9(5-8)15-6-12/h3-5H,1-2,6H2,(H,13,14). The minimum Gasteiger partial charge on any atom is -0.481 e. The highest BCUT2D eigenvalue weighted by Gasteiger charge is 2.03. The van der Waals surface area contributed by atoms with Gasteiger partial charge in [0.1, 0.15) is 5.75 Å². The highest BCUT2D eigenvalue weighted by Crippen LogP contribution is 2.22. The van der Waals surface area contributed by atoms with E-state index in [1.165, 1.54) is 0 Å². The molecule has 1 aromatic rings. The van der Waals surface area contributed by atoms with Gasteiger partial charge in [0, 0.05) is 10.9 Å². The molecule has 0 radical (unpaired) electrons. The van der Waals surface area contributed by atoms with Gasteiger partial charge < -0.3 is 9.84 Å². The van der Waals surface area contributed by atoms with E-state index in [2.05, 4.69) is 15.9 Å². The van der Waals surface area contributed by atoms with E-state index in [0.29, 0.717) is 12.2 Å². The minimum atomic E-state index is -0.894. The summed E-state index contributed by atoms with van der Waals surface area (Å²) in [5, 5.41) is 8.51. The van der Waals surface area contributed by atoms with Crippen LogP contribution in [-0.4, -0.2) is 17.9 Å². The Hall–Kier alpha value is -1.10. The number of benzene rings is 1. The van der Waals surface area contributed by atoms with Gasteiger partial charge in [0.05, 0.1) is 0 Å². The lowest BCUT2D eigenvalue weighted by Crippen LogP contribution is -1.98. The van der Waals surface area contributed by atoms with Crippen molar-refractivity contribution in [3.05, 3.63) is 28.2 Å². The van der Waals surface area contributed by atoms with E-state index in [-0.39, 0.29) is 6.42 Å². The van der Waals surface area contributed by atoms with Gasteiger partial charge in [0.2, 0.25) is 6.86 Å². The summed E-state index contributed by atoms with van der Waals surface area (Å²) < 4.78 is 17.4. The Morgan fingerprint density at radius 3 is 2.80 bits per heavy atom. The Morgan fingerprint density at radius 2 is 2.20 bits per heavy atom. The Morgan fingerprint density at radius 1 is 1.47 bits per heavy atom. The first kappa shape index (κ1) is 12.0. The molecule has 1 rings (SSSR count). The molecule has 0 spiro atoms. The van der Waals surface area contributed by atoms with Gasteiger partial charge >= 0.3 is 5.97 Å². The highest BCUT2D eigenvalue weighted by molar-refractivity contribution is 9.10. The predicted octanol–water partition coefficient (Wildman–Crippen LogP) is 2.77. The smallest absolute Gasteiger partial charge is 0.303 e. The third-order valence-corrected chi connectivity index (χ3v) is 2.24. The van der Waals surface area contributed by atoms with Gasteiger partial charge in [-0.05, 0) is 30.2 Å². The van der Waals surface area contributed by atoms with E-state index >= 15 is 0 Å². The fraction of sp³-hybridized carbons (Fsp3) is 0.300. The van der Waals surface area contributed by atoms with Crippen LogP contribution in [0, 0.1) is 0 Å². The Kier molecular flexibility index (Phi) is 4.55. The molecule has 0 atom stereocenters.